The van der Waals surface area contributed by atoms with Crippen molar-refractivity contribution in [3.05, 3.63) is 77.6 Å². The molecule has 0 radical (unpaired) electrons. The number of methoxy groups -OCH3 is 1. The zero-order valence-electron chi connectivity index (χ0n) is 18.5. The van der Waals surface area contributed by atoms with E-state index in [1.54, 1.807) is 55.4 Å². The number of benzene rings is 2. The van der Waals surface area contributed by atoms with Gasteiger partial charge in [-0.25, -0.2) is 0 Å². The second-order valence-electron chi connectivity index (χ2n) is 7.90. The Bertz CT molecular complexity index is 1110. The van der Waals surface area contributed by atoms with E-state index < -0.39 is 0 Å². The van der Waals surface area contributed by atoms with Gasteiger partial charge >= 0.3 is 0 Å². The van der Waals surface area contributed by atoms with E-state index in [2.05, 4.69) is 22.4 Å². The standard InChI is InChI=1S/C24H27N5O3/c1-27-14-15-29(16-22(27)17-8-10-18(32-3)11-9-17)24(31)19-6-4-5-7-20(19)25-23(30)21-12-13-28(2)26-21/h4-13,22H,14-16H2,1-3H3,(H,25,30). The smallest absolute Gasteiger partial charge is 0.276 e. The third-order valence-electron chi connectivity index (χ3n) is 5.79. The van der Waals surface area contributed by atoms with Gasteiger partial charge in [0, 0.05) is 32.9 Å². The lowest BCUT2D eigenvalue weighted by Gasteiger charge is -2.40. The number of ether oxygens (including phenoxy) is 1. The highest BCUT2D eigenvalue weighted by Gasteiger charge is 2.30. The number of anilines is 1. The number of carbonyl (C=O) groups is 2. The van der Waals surface area contributed by atoms with Crippen LogP contribution in [0.3, 0.4) is 0 Å². The number of aryl methyl sites for hydroxylation is 1. The highest BCUT2D eigenvalue weighted by atomic mass is 16.5. The van der Waals surface area contributed by atoms with E-state index in [0.29, 0.717) is 30.0 Å². The quantitative estimate of drug-likeness (QED) is 0.669. The molecule has 0 saturated carbocycles. The maximum atomic E-state index is 13.4. The van der Waals surface area contributed by atoms with Gasteiger partial charge in [-0.3, -0.25) is 19.2 Å². The van der Waals surface area contributed by atoms with Crippen molar-refractivity contribution >= 4 is 17.5 Å². The predicted octanol–water partition coefficient (Wildman–Crippen LogP) is 2.81. The van der Waals surface area contributed by atoms with Gasteiger partial charge in [-0.05, 0) is 42.9 Å². The third-order valence-corrected chi connectivity index (χ3v) is 5.79. The predicted molar refractivity (Wildman–Crippen MR) is 122 cm³/mol. The van der Waals surface area contributed by atoms with Crippen molar-refractivity contribution in [2.75, 3.05) is 39.1 Å². The van der Waals surface area contributed by atoms with Gasteiger partial charge in [-0.15, -0.1) is 0 Å². The van der Waals surface area contributed by atoms with Crippen LogP contribution in [-0.4, -0.2) is 65.2 Å². The molecule has 1 aliphatic rings. The summed E-state index contributed by atoms with van der Waals surface area (Å²) in [6, 6.07) is 16.8. The summed E-state index contributed by atoms with van der Waals surface area (Å²) < 4.78 is 6.83. The molecule has 32 heavy (non-hydrogen) atoms. The Morgan fingerprint density at radius 3 is 2.47 bits per heavy atom. The number of amides is 2. The highest BCUT2D eigenvalue weighted by molar-refractivity contribution is 6.08. The second-order valence-corrected chi connectivity index (χ2v) is 7.90. The van der Waals surface area contributed by atoms with Gasteiger partial charge in [0.25, 0.3) is 11.8 Å². The van der Waals surface area contributed by atoms with Crippen LogP contribution in [0, 0.1) is 0 Å². The minimum Gasteiger partial charge on any atom is -0.497 e. The molecule has 166 valence electrons. The maximum Gasteiger partial charge on any atom is 0.276 e. The Morgan fingerprint density at radius 1 is 1.03 bits per heavy atom. The molecular formula is C24H27N5O3. The second kappa shape index (κ2) is 9.23. The minimum atomic E-state index is -0.347. The summed E-state index contributed by atoms with van der Waals surface area (Å²) >= 11 is 0. The Morgan fingerprint density at radius 2 is 1.78 bits per heavy atom. The number of rotatable bonds is 5. The summed E-state index contributed by atoms with van der Waals surface area (Å²) in [4.78, 5) is 30.1. The van der Waals surface area contributed by atoms with Crippen LogP contribution in [0.5, 0.6) is 5.75 Å². The molecule has 3 aromatic rings. The molecule has 1 fully saturated rings. The van der Waals surface area contributed by atoms with Crippen LogP contribution in [-0.2, 0) is 7.05 Å². The Labute approximate surface area is 187 Å². The number of hydrogen-bond acceptors (Lipinski definition) is 5. The van der Waals surface area contributed by atoms with Gasteiger partial charge in [0.05, 0.1) is 24.4 Å². The number of aromatic nitrogens is 2. The number of likely N-dealkylation sites (N-methyl/N-ethyl adjacent to an activating group) is 1. The van der Waals surface area contributed by atoms with E-state index in [1.165, 1.54) is 0 Å². The number of piperazine rings is 1. The maximum absolute atomic E-state index is 13.4. The van der Waals surface area contributed by atoms with Crippen molar-refractivity contribution in [2.45, 2.75) is 6.04 Å². The van der Waals surface area contributed by atoms with E-state index in [0.717, 1.165) is 17.9 Å². The number of carbonyl (C=O) groups excluding carboxylic acids is 2. The van der Waals surface area contributed by atoms with E-state index in [1.807, 2.05) is 29.2 Å². The van der Waals surface area contributed by atoms with E-state index in [9.17, 15) is 9.59 Å². The largest absolute Gasteiger partial charge is 0.497 e. The fourth-order valence-electron chi connectivity index (χ4n) is 3.92. The summed E-state index contributed by atoms with van der Waals surface area (Å²) in [6.45, 7) is 1.93. The zero-order chi connectivity index (χ0) is 22.7. The van der Waals surface area contributed by atoms with Crippen LogP contribution >= 0.6 is 0 Å². The van der Waals surface area contributed by atoms with Crippen molar-refractivity contribution in [1.29, 1.82) is 0 Å². The molecule has 1 aliphatic heterocycles. The minimum absolute atomic E-state index is 0.0777. The van der Waals surface area contributed by atoms with Crippen molar-refractivity contribution in [3.63, 3.8) is 0 Å². The highest BCUT2D eigenvalue weighted by Crippen LogP contribution is 2.28. The lowest BCUT2D eigenvalue weighted by molar-refractivity contribution is 0.0547. The molecule has 8 nitrogen and oxygen atoms in total. The molecule has 8 heteroatoms. The monoisotopic (exact) mass is 433 g/mol. The molecule has 2 amide bonds. The molecule has 1 N–H and O–H groups in total. The van der Waals surface area contributed by atoms with Gasteiger partial charge in [0.1, 0.15) is 5.75 Å². The van der Waals surface area contributed by atoms with Crippen LogP contribution in [0.1, 0.15) is 32.5 Å². The molecule has 1 atom stereocenters. The van der Waals surface area contributed by atoms with Crippen LogP contribution in [0.2, 0.25) is 0 Å². The first-order valence-electron chi connectivity index (χ1n) is 10.5. The number of para-hydroxylation sites is 1. The first-order valence-corrected chi connectivity index (χ1v) is 10.5. The lowest BCUT2D eigenvalue weighted by atomic mass is 10.0. The zero-order valence-corrected chi connectivity index (χ0v) is 18.5. The molecular weight excluding hydrogens is 406 g/mol. The number of nitrogens with one attached hydrogen (secondary N) is 1. The van der Waals surface area contributed by atoms with Gasteiger partial charge < -0.3 is 15.0 Å². The van der Waals surface area contributed by atoms with Gasteiger partial charge in [-0.2, -0.15) is 5.10 Å². The Kier molecular flexibility index (Phi) is 6.23. The summed E-state index contributed by atoms with van der Waals surface area (Å²) in [6.07, 6.45) is 1.70. The summed E-state index contributed by atoms with van der Waals surface area (Å²) in [5.41, 5.74) is 2.37. The van der Waals surface area contributed by atoms with E-state index in [4.69, 9.17) is 4.74 Å². The summed E-state index contributed by atoms with van der Waals surface area (Å²) in [5.74, 6) is 0.353. The fraction of sp³-hybridized carbons (Fsp3) is 0.292. The normalized spacial score (nSPS) is 16.6. The van der Waals surface area contributed by atoms with Crippen LogP contribution in [0.15, 0.2) is 60.8 Å². The molecule has 1 saturated heterocycles. The Hall–Kier alpha value is -3.65. The third kappa shape index (κ3) is 4.50. The van der Waals surface area contributed by atoms with Crippen LogP contribution < -0.4 is 10.1 Å². The topological polar surface area (TPSA) is 79.7 Å². The molecule has 1 aromatic heterocycles. The van der Waals surface area contributed by atoms with Crippen molar-refractivity contribution < 1.29 is 14.3 Å². The summed E-state index contributed by atoms with van der Waals surface area (Å²) in [5, 5.41) is 6.97. The molecule has 0 spiro atoms. The molecule has 0 aliphatic carbocycles. The van der Waals surface area contributed by atoms with Crippen molar-refractivity contribution in [2.24, 2.45) is 7.05 Å². The SMILES string of the molecule is COc1ccc(C2CN(C(=O)c3ccccc3NC(=O)c3ccn(C)n3)CCN2C)cc1. The Balaban J connectivity index is 1.53. The lowest BCUT2D eigenvalue weighted by Crippen LogP contribution is -2.49. The molecule has 1 unspecified atom stereocenters. The van der Waals surface area contributed by atoms with Gasteiger partial charge in [0.15, 0.2) is 5.69 Å². The number of hydrogen-bond donors (Lipinski definition) is 1. The van der Waals surface area contributed by atoms with Crippen LogP contribution in [0.4, 0.5) is 5.69 Å². The average Bonchev–Trinajstić information content (AvgIpc) is 3.26. The fourth-order valence-corrected chi connectivity index (χ4v) is 3.92. The molecule has 0 bridgehead atoms. The van der Waals surface area contributed by atoms with Crippen molar-refractivity contribution in [1.82, 2.24) is 19.6 Å². The first-order chi connectivity index (χ1) is 15.5. The molecule has 2 aromatic carbocycles. The van der Waals surface area contributed by atoms with Crippen LogP contribution in [0.25, 0.3) is 0 Å². The van der Waals surface area contributed by atoms with E-state index in [-0.39, 0.29) is 17.9 Å². The first kappa shape index (κ1) is 21.6. The van der Waals surface area contributed by atoms with Gasteiger partial charge in [0.2, 0.25) is 0 Å². The number of nitrogens with zero attached hydrogens (tertiary/aromatic N) is 4. The van der Waals surface area contributed by atoms with Gasteiger partial charge in [-0.1, -0.05) is 24.3 Å². The molecule has 4 rings (SSSR count). The summed E-state index contributed by atoms with van der Waals surface area (Å²) in [7, 11) is 5.46. The van der Waals surface area contributed by atoms with E-state index >= 15 is 0 Å². The average molecular weight is 434 g/mol. The molecule has 2 heterocycles. The van der Waals surface area contributed by atoms with Crippen molar-refractivity contribution in [3.8, 4) is 5.75 Å².